The summed E-state index contributed by atoms with van der Waals surface area (Å²) in [4.78, 5) is 13.3. The SMILES string of the molecule is Cc1ccc(N(C)CC(=O)CC#N)c(C)c1C. The molecule has 0 N–H and O–H groups in total. The zero-order valence-corrected chi connectivity index (χ0v) is 10.9. The topological polar surface area (TPSA) is 44.1 Å². The quantitative estimate of drug-likeness (QED) is 0.798. The summed E-state index contributed by atoms with van der Waals surface area (Å²) in [5.41, 5.74) is 4.75. The van der Waals surface area contributed by atoms with Crippen LogP contribution in [0.2, 0.25) is 0 Å². The number of likely N-dealkylation sites (N-methyl/N-ethyl adjacent to an activating group) is 1. The van der Waals surface area contributed by atoms with Crippen molar-refractivity contribution < 1.29 is 4.79 Å². The highest BCUT2D eigenvalue weighted by molar-refractivity contribution is 5.85. The van der Waals surface area contributed by atoms with Gasteiger partial charge in [0, 0.05) is 12.7 Å². The number of hydrogen-bond acceptors (Lipinski definition) is 3. The van der Waals surface area contributed by atoms with Crippen LogP contribution in [-0.2, 0) is 4.79 Å². The van der Waals surface area contributed by atoms with Gasteiger partial charge >= 0.3 is 0 Å². The maximum absolute atomic E-state index is 11.4. The first kappa shape index (κ1) is 13.2. The standard InChI is InChI=1S/C14H18N2O/c1-10-5-6-14(12(3)11(10)2)16(4)9-13(17)7-8-15/h5-6H,7,9H2,1-4H3. The van der Waals surface area contributed by atoms with Crippen molar-refractivity contribution in [2.24, 2.45) is 0 Å². The van der Waals surface area contributed by atoms with Crippen molar-refractivity contribution in [2.75, 3.05) is 18.5 Å². The van der Waals surface area contributed by atoms with Crippen LogP contribution in [-0.4, -0.2) is 19.4 Å². The molecule has 0 unspecified atom stereocenters. The van der Waals surface area contributed by atoms with E-state index in [0.29, 0.717) is 0 Å². The molecular formula is C14H18N2O. The summed E-state index contributed by atoms with van der Waals surface area (Å²) >= 11 is 0. The molecule has 0 aliphatic carbocycles. The van der Waals surface area contributed by atoms with Gasteiger partial charge in [-0.1, -0.05) is 6.07 Å². The molecule has 0 aliphatic rings. The Bertz CT molecular complexity index is 472. The fraction of sp³-hybridized carbons (Fsp3) is 0.429. The lowest BCUT2D eigenvalue weighted by molar-refractivity contribution is -0.116. The highest BCUT2D eigenvalue weighted by atomic mass is 16.1. The van der Waals surface area contributed by atoms with Crippen molar-refractivity contribution in [2.45, 2.75) is 27.2 Å². The van der Waals surface area contributed by atoms with E-state index in [2.05, 4.69) is 26.8 Å². The number of rotatable bonds is 4. The summed E-state index contributed by atoms with van der Waals surface area (Å²) in [6, 6.07) is 5.97. The molecule has 0 amide bonds. The van der Waals surface area contributed by atoms with Crippen LogP contribution in [0.25, 0.3) is 0 Å². The van der Waals surface area contributed by atoms with Crippen LogP contribution < -0.4 is 4.90 Å². The van der Waals surface area contributed by atoms with Gasteiger partial charge in [0.05, 0.1) is 19.0 Å². The Morgan fingerprint density at radius 2 is 1.94 bits per heavy atom. The molecule has 0 spiro atoms. The van der Waals surface area contributed by atoms with Crippen molar-refractivity contribution in [3.8, 4) is 6.07 Å². The van der Waals surface area contributed by atoms with E-state index in [1.165, 1.54) is 16.7 Å². The fourth-order valence-electron chi connectivity index (χ4n) is 1.85. The summed E-state index contributed by atoms with van der Waals surface area (Å²) < 4.78 is 0. The summed E-state index contributed by atoms with van der Waals surface area (Å²) in [7, 11) is 1.88. The van der Waals surface area contributed by atoms with Crippen molar-refractivity contribution >= 4 is 11.5 Å². The molecule has 0 radical (unpaired) electrons. The van der Waals surface area contributed by atoms with Crippen LogP contribution in [0.1, 0.15) is 23.1 Å². The van der Waals surface area contributed by atoms with Crippen LogP contribution >= 0.6 is 0 Å². The molecule has 1 aromatic rings. The average Bonchev–Trinajstić information content (AvgIpc) is 2.26. The van der Waals surface area contributed by atoms with E-state index in [9.17, 15) is 4.79 Å². The predicted molar refractivity (Wildman–Crippen MR) is 69.2 cm³/mol. The third-order valence-corrected chi connectivity index (χ3v) is 3.13. The molecule has 0 aliphatic heterocycles. The second kappa shape index (κ2) is 5.49. The highest BCUT2D eigenvalue weighted by Crippen LogP contribution is 2.24. The molecule has 17 heavy (non-hydrogen) atoms. The lowest BCUT2D eigenvalue weighted by Crippen LogP contribution is -2.26. The zero-order valence-electron chi connectivity index (χ0n) is 10.9. The average molecular weight is 230 g/mol. The van der Waals surface area contributed by atoms with Gasteiger partial charge in [0.25, 0.3) is 0 Å². The molecule has 0 atom stereocenters. The monoisotopic (exact) mass is 230 g/mol. The van der Waals surface area contributed by atoms with Gasteiger partial charge in [-0.05, 0) is 43.5 Å². The summed E-state index contributed by atoms with van der Waals surface area (Å²) in [6.07, 6.45) is -0.0196. The molecule has 0 aromatic heterocycles. The molecule has 0 heterocycles. The van der Waals surface area contributed by atoms with E-state index in [0.717, 1.165) is 5.69 Å². The molecule has 1 aromatic carbocycles. The number of carbonyl (C=O) groups is 1. The van der Waals surface area contributed by atoms with Crippen molar-refractivity contribution in [1.29, 1.82) is 5.26 Å². The van der Waals surface area contributed by atoms with Crippen molar-refractivity contribution in [3.05, 3.63) is 28.8 Å². The van der Waals surface area contributed by atoms with Gasteiger partial charge in [-0.15, -0.1) is 0 Å². The molecule has 3 nitrogen and oxygen atoms in total. The first-order chi connectivity index (χ1) is 7.97. The van der Waals surface area contributed by atoms with Crippen LogP contribution in [0.3, 0.4) is 0 Å². The number of Topliss-reactive ketones (excluding diaryl/α,β-unsaturated/α-hetero) is 1. The molecule has 1 rings (SSSR count). The van der Waals surface area contributed by atoms with Crippen LogP contribution in [0.4, 0.5) is 5.69 Å². The molecule has 0 saturated heterocycles. The Kier molecular flexibility index (Phi) is 4.28. The van der Waals surface area contributed by atoms with E-state index >= 15 is 0 Å². The summed E-state index contributed by atoms with van der Waals surface area (Å²) in [6.45, 7) is 6.51. The number of benzene rings is 1. The Morgan fingerprint density at radius 3 is 2.53 bits per heavy atom. The molecule has 3 heteroatoms. The van der Waals surface area contributed by atoms with Crippen LogP contribution in [0, 0.1) is 32.1 Å². The fourth-order valence-corrected chi connectivity index (χ4v) is 1.85. The summed E-state index contributed by atoms with van der Waals surface area (Å²) in [5, 5.41) is 8.47. The summed E-state index contributed by atoms with van der Waals surface area (Å²) in [5.74, 6) is -0.0485. The third kappa shape index (κ3) is 3.07. The first-order valence-electron chi connectivity index (χ1n) is 5.64. The minimum Gasteiger partial charge on any atom is -0.367 e. The van der Waals surface area contributed by atoms with E-state index < -0.39 is 0 Å². The molecular weight excluding hydrogens is 212 g/mol. The zero-order chi connectivity index (χ0) is 13.0. The van der Waals surface area contributed by atoms with Gasteiger partial charge in [-0.3, -0.25) is 4.79 Å². The minimum atomic E-state index is -0.0485. The van der Waals surface area contributed by atoms with Gasteiger partial charge in [-0.25, -0.2) is 0 Å². The number of hydrogen-bond donors (Lipinski definition) is 0. The largest absolute Gasteiger partial charge is 0.367 e. The van der Waals surface area contributed by atoms with Crippen LogP contribution in [0.15, 0.2) is 12.1 Å². The maximum atomic E-state index is 11.4. The van der Waals surface area contributed by atoms with E-state index in [-0.39, 0.29) is 18.7 Å². The second-order valence-electron chi connectivity index (χ2n) is 4.38. The Hall–Kier alpha value is -1.82. The number of carbonyl (C=O) groups excluding carboxylic acids is 1. The van der Waals surface area contributed by atoms with Gasteiger partial charge in [0.15, 0.2) is 5.78 Å². The normalized spacial score (nSPS) is 9.82. The lowest BCUT2D eigenvalue weighted by Gasteiger charge is -2.22. The first-order valence-corrected chi connectivity index (χ1v) is 5.64. The van der Waals surface area contributed by atoms with E-state index in [1.54, 1.807) is 0 Å². The Balaban J connectivity index is 2.91. The van der Waals surface area contributed by atoms with Crippen molar-refractivity contribution in [1.82, 2.24) is 0 Å². The number of ketones is 1. The van der Waals surface area contributed by atoms with E-state index in [4.69, 9.17) is 5.26 Å². The molecule has 0 saturated carbocycles. The number of nitrogens with zero attached hydrogens (tertiary/aromatic N) is 2. The molecule has 0 bridgehead atoms. The predicted octanol–water partition coefficient (Wildman–Crippen LogP) is 2.53. The van der Waals surface area contributed by atoms with Gasteiger partial charge < -0.3 is 4.90 Å². The number of nitriles is 1. The van der Waals surface area contributed by atoms with Crippen LogP contribution in [0.5, 0.6) is 0 Å². The maximum Gasteiger partial charge on any atom is 0.166 e. The number of anilines is 1. The second-order valence-corrected chi connectivity index (χ2v) is 4.38. The molecule has 90 valence electrons. The third-order valence-electron chi connectivity index (χ3n) is 3.13. The minimum absolute atomic E-state index is 0.0196. The Labute approximate surface area is 103 Å². The Morgan fingerprint density at radius 1 is 1.29 bits per heavy atom. The van der Waals surface area contributed by atoms with Gasteiger partial charge in [-0.2, -0.15) is 5.26 Å². The van der Waals surface area contributed by atoms with E-state index in [1.807, 2.05) is 24.1 Å². The highest BCUT2D eigenvalue weighted by Gasteiger charge is 2.11. The number of aryl methyl sites for hydroxylation is 1. The lowest BCUT2D eigenvalue weighted by atomic mass is 10.0. The van der Waals surface area contributed by atoms with Gasteiger partial charge in [0.2, 0.25) is 0 Å². The van der Waals surface area contributed by atoms with Gasteiger partial charge in [0.1, 0.15) is 0 Å². The van der Waals surface area contributed by atoms with Crippen molar-refractivity contribution in [3.63, 3.8) is 0 Å². The molecule has 0 fully saturated rings. The smallest absolute Gasteiger partial charge is 0.166 e.